The Labute approximate surface area is 180 Å². The molecule has 30 heavy (non-hydrogen) atoms. The predicted octanol–water partition coefficient (Wildman–Crippen LogP) is 2.92. The zero-order valence-corrected chi connectivity index (χ0v) is 18.2. The number of benzene rings is 1. The van der Waals surface area contributed by atoms with Gasteiger partial charge in [-0.3, -0.25) is 19.3 Å². The van der Waals surface area contributed by atoms with Crippen molar-refractivity contribution >= 4 is 40.9 Å². The molecule has 0 bridgehead atoms. The monoisotopic (exact) mass is 434 g/mol. The third kappa shape index (κ3) is 6.09. The Morgan fingerprint density at radius 2 is 1.80 bits per heavy atom. The van der Waals surface area contributed by atoms with Crippen molar-refractivity contribution in [2.24, 2.45) is 0 Å². The van der Waals surface area contributed by atoms with Crippen molar-refractivity contribution in [1.29, 1.82) is 0 Å². The van der Waals surface area contributed by atoms with Gasteiger partial charge in [-0.25, -0.2) is 4.79 Å². The van der Waals surface area contributed by atoms with Crippen molar-refractivity contribution in [1.82, 2.24) is 9.80 Å². The van der Waals surface area contributed by atoms with Crippen LogP contribution in [0.15, 0.2) is 29.2 Å². The van der Waals surface area contributed by atoms with Gasteiger partial charge < -0.3 is 14.4 Å². The number of rotatable bonds is 10. The maximum Gasteiger partial charge on any atom is 0.343 e. The van der Waals surface area contributed by atoms with Crippen molar-refractivity contribution in [2.75, 3.05) is 33.4 Å². The lowest BCUT2D eigenvalue weighted by molar-refractivity contribution is -0.143. The molecule has 8 nitrogen and oxygen atoms in total. The summed E-state index contributed by atoms with van der Waals surface area (Å²) in [7, 11) is 1.26. The van der Waals surface area contributed by atoms with Crippen LogP contribution < -0.4 is 4.74 Å². The Bertz CT molecular complexity index is 833. The molecule has 0 unspecified atom stereocenters. The van der Waals surface area contributed by atoms with Crippen molar-refractivity contribution in [3.63, 3.8) is 0 Å². The summed E-state index contributed by atoms with van der Waals surface area (Å²) in [6, 6.07) is 6.83. The van der Waals surface area contributed by atoms with E-state index >= 15 is 0 Å². The minimum atomic E-state index is -0.535. The maximum absolute atomic E-state index is 12.7. The van der Waals surface area contributed by atoms with E-state index in [9.17, 15) is 19.2 Å². The molecule has 0 aliphatic carbocycles. The molecule has 0 radical (unpaired) electrons. The lowest BCUT2D eigenvalue weighted by Gasteiger charge is -2.23. The molecule has 3 amide bonds. The molecular weight excluding hydrogens is 408 g/mol. The number of carbonyl (C=O) groups is 4. The minimum absolute atomic E-state index is 0.194. The number of amides is 3. The standard InChI is InChI=1S/C21H26N2O6S/c1-4-10-22(11-5-2)18(24)13-23-20(26)17(30-21(23)27)12-15-8-6-7-9-16(15)29-14-19(25)28-3/h6-9,12H,4-5,10-11,13-14H2,1-3H3/b17-12-. The van der Waals surface area contributed by atoms with Gasteiger partial charge in [-0.15, -0.1) is 0 Å². The summed E-state index contributed by atoms with van der Waals surface area (Å²) < 4.78 is 10.00. The number of nitrogens with zero attached hydrogens (tertiary/aromatic N) is 2. The summed E-state index contributed by atoms with van der Waals surface area (Å²) in [5.74, 6) is -0.923. The molecule has 0 saturated carbocycles. The molecule has 0 atom stereocenters. The lowest BCUT2D eigenvalue weighted by Crippen LogP contribution is -2.42. The number of methoxy groups -OCH3 is 1. The molecule has 9 heteroatoms. The van der Waals surface area contributed by atoms with Gasteiger partial charge >= 0.3 is 5.97 Å². The highest BCUT2D eigenvalue weighted by Gasteiger charge is 2.37. The second-order valence-electron chi connectivity index (χ2n) is 6.55. The van der Waals surface area contributed by atoms with E-state index in [1.807, 2.05) is 13.8 Å². The third-order valence-electron chi connectivity index (χ3n) is 4.29. The fraction of sp³-hybridized carbons (Fsp3) is 0.429. The second-order valence-corrected chi connectivity index (χ2v) is 7.54. The highest BCUT2D eigenvalue weighted by Crippen LogP contribution is 2.34. The van der Waals surface area contributed by atoms with Gasteiger partial charge in [0.2, 0.25) is 5.91 Å². The first-order chi connectivity index (χ1) is 14.4. The zero-order valence-electron chi connectivity index (χ0n) is 17.4. The van der Waals surface area contributed by atoms with Crippen LogP contribution in [0.25, 0.3) is 6.08 Å². The number of hydrogen-bond acceptors (Lipinski definition) is 7. The average molecular weight is 435 g/mol. The summed E-state index contributed by atoms with van der Waals surface area (Å²) >= 11 is 0.775. The molecule has 1 aliphatic heterocycles. The maximum atomic E-state index is 12.7. The van der Waals surface area contributed by atoms with Gasteiger partial charge in [-0.05, 0) is 36.7 Å². The molecule has 0 spiro atoms. The van der Waals surface area contributed by atoms with Crippen LogP contribution in [0.4, 0.5) is 4.79 Å². The number of carbonyl (C=O) groups excluding carboxylic acids is 4. The largest absolute Gasteiger partial charge is 0.481 e. The quantitative estimate of drug-likeness (QED) is 0.413. The molecule has 1 heterocycles. The van der Waals surface area contributed by atoms with Crippen LogP contribution in [0.3, 0.4) is 0 Å². The molecule has 1 aliphatic rings. The molecule has 2 rings (SSSR count). The molecule has 1 aromatic carbocycles. The number of para-hydroxylation sites is 1. The van der Waals surface area contributed by atoms with Crippen LogP contribution in [-0.4, -0.2) is 66.2 Å². The van der Waals surface area contributed by atoms with E-state index in [1.54, 1.807) is 29.2 Å². The van der Waals surface area contributed by atoms with Gasteiger partial charge in [-0.2, -0.15) is 0 Å². The van der Waals surface area contributed by atoms with Crippen LogP contribution in [0, 0.1) is 0 Å². The average Bonchev–Trinajstić information content (AvgIpc) is 3.00. The summed E-state index contributed by atoms with van der Waals surface area (Å²) in [6.45, 7) is 4.56. The van der Waals surface area contributed by atoms with E-state index in [-0.39, 0.29) is 24.0 Å². The first-order valence-corrected chi connectivity index (χ1v) is 10.5. The molecule has 0 aromatic heterocycles. The zero-order chi connectivity index (χ0) is 22.1. The lowest BCUT2D eigenvalue weighted by atomic mass is 10.2. The highest BCUT2D eigenvalue weighted by molar-refractivity contribution is 8.18. The van der Waals surface area contributed by atoms with E-state index in [2.05, 4.69) is 4.74 Å². The smallest absolute Gasteiger partial charge is 0.343 e. The highest BCUT2D eigenvalue weighted by atomic mass is 32.2. The molecule has 162 valence electrons. The number of esters is 1. The van der Waals surface area contributed by atoms with E-state index in [0.29, 0.717) is 24.4 Å². The normalized spacial score (nSPS) is 14.9. The summed E-state index contributed by atoms with van der Waals surface area (Å²) in [6.07, 6.45) is 3.13. The number of hydrogen-bond donors (Lipinski definition) is 0. The number of ether oxygens (including phenoxy) is 2. The Hall–Kier alpha value is -2.81. The summed E-state index contributed by atoms with van der Waals surface area (Å²) in [5.41, 5.74) is 0.539. The Morgan fingerprint density at radius 3 is 2.43 bits per heavy atom. The van der Waals surface area contributed by atoms with Crippen LogP contribution in [0.1, 0.15) is 32.3 Å². The van der Waals surface area contributed by atoms with Gasteiger partial charge in [0.05, 0.1) is 12.0 Å². The third-order valence-corrected chi connectivity index (χ3v) is 5.19. The molecule has 1 fully saturated rings. The summed E-state index contributed by atoms with van der Waals surface area (Å²) in [4.78, 5) is 51.8. The SMILES string of the molecule is CCCN(CCC)C(=O)CN1C(=O)S/C(=C\c2ccccc2OCC(=O)OC)C1=O. The first-order valence-electron chi connectivity index (χ1n) is 9.73. The van der Waals surface area contributed by atoms with E-state index in [0.717, 1.165) is 29.5 Å². The topological polar surface area (TPSA) is 93.2 Å². The van der Waals surface area contributed by atoms with Crippen LogP contribution in [0.2, 0.25) is 0 Å². The van der Waals surface area contributed by atoms with Crippen molar-refractivity contribution in [2.45, 2.75) is 26.7 Å². The Balaban J connectivity index is 2.15. The van der Waals surface area contributed by atoms with E-state index in [1.165, 1.54) is 13.2 Å². The van der Waals surface area contributed by atoms with Crippen molar-refractivity contribution in [3.8, 4) is 5.75 Å². The van der Waals surface area contributed by atoms with Gasteiger partial charge in [0.15, 0.2) is 6.61 Å². The van der Waals surface area contributed by atoms with Crippen LogP contribution in [0.5, 0.6) is 5.75 Å². The van der Waals surface area contributed by atoms with Crippen LogP contribution in [-0.2, 0) is 19.1 Å². The number of thioether (sulfide) groups is 1. The Morgan fingerprint density at radius 1 is 1.13 bits per heavy atom. The van der Waals surface area contributed by atoms with E-state index in [4.69, 9.17) is 4.74 Å². The van der Waals surface area contributed by atoms with Gasteiger partial charge in [0, 0.05) is 18.7 Å². The minimum Gasteiger partial charge on any atom is -0.481 e. The summed E-state index contributed by atoms with van der Waals surface area (Å²) in [5, 5.41) is -0.486. The van der Waals surface area contributed by atoms with Crippen molar-refractivity contribution < 1.29 is 28.7 Å². The van der Waals surface area contributed by atoms with Gasteiger partial charge in [0.25, 0.3) is 11.1 Å². The predicted molar refractivity (Wildman–Crippen MR) is 114 cm³/mol. The fourth-order valence-corrected chi connectivity index (χ4v) is 3.67. The molecule has 1 aromatic rings. The van der Waals surface area contributed by atoms with Gasteiger partial charge in [-0.1, -0.05) is 32.0 Å². The van der Waals surface area contributed by atoms with E-state index < -0.39 is 17.1 Å². The second kappa shape index (κ2) is 11.4. The number of imide groups is 1. The van der Waals surface area contributed by atoms with Crippen molar-refractivity contribution in [3.05, 3.63) is 34.7 Å². The molecular formula is C21H26N2O6S. The molecule has 1 saturated heterocycles. The fourth-order valence-electron chi connectivity index (χ4n) is 2.84. The first kappa shape index (κ1) is 23.5. The Kier molecular flexibility index (Phi) is 8.91. The van der Waals surface area contributed by atoms with Gasteiger partial charge in [0.1, 0.15) is 12.3 Å². The molecule has 0 N–H and O–H groups in total. The van der Waals surface area contributed by atoms with Crippen LogP contribution >= 0.6 is 11.8 Å².